The van der Waals surface area contributed by atoms with Crippen LogP contribution in [0.15, 0.2) is 42.0 Å². The summed E-state index contributed by atoms with van der Waals surface area (Å²) in [5.74, 6) is 0.480. The maximum absolute atomic E-state index is 12.4. The minimum Gasteiger partial charge on any atom is -0.345 e. The number of Topliss-reactive ketones (excluding diaryl/α,β-unsaturated/α-hetero) is 1. The molecule has 3 aromatic rings. The lowest BCUT2D eigenvalue weighted by atomic mass is 10.1. The van der Waals surface area contributed by atoms with Crippen molar-refractivity contribution in [3.63, 3.8) is 0 Å². The molecule has 116 valence electrons. The highest BCUT2D eigenvalue weighted by atomic mass is 32.1. The van der Waals surface area contributed by atoms with Crippen LogP contribution < -0.4 is 5.32 Å². The highest BCUT2D eigenvalue weighted by molar-refractivity contribution is 7.12. The summed E-state index contributed by atoms with van der Waals surface area (Å²) in [5, 5.41) is 4.59. The SMILES string of the molecule is CC(=O)c1cc(C(=O)Nc2cc(-c3ncc[nH]3)ccc2C)cs1. The number of carbonyl (C=O) groups is 2. The number of thiophene rings is 1. The van der Waals surface area contributed by atoms with Gasteiger partial charge in [-0.05, 0) is 31.5 Å². The average molecular weight is 325 g/mol. The Morgan fingerprint density at radius 2 is 2.09 bits per heavy atom. The van der Waals surface area contributed by atoms with Gasteiger partial charge in [-0.15, -0.1) is 11.3 Å². The van der Waals surface area contributed by atoms with Crippen molar-refractivity contribution in [2.75, 3.05) is 5.32 Å². The first-order valence-electron chi connectivity index (χ1n) is 7.06. The lowest BCUT2D eigenvalue weighted by molar-refractivity contribution is 0.102. The predicted molar refractivity (Wildman–Crippen MR) is 91.0 cm³/mol. The zero-order valence-corrected chi connectivity index (χ0v) is 13.5. The second-order valence-electron chi connectivity index (χ2n) is 5.18. The van der Waals surface area contributed by atoms with E-state index in [4.69, 9.17) is 0 Å². The summed E-state index contributed by atoms with van der Waals surface area (Å²) in [6, 6.07) is 7.38. The van der Waals surface area contributed by atoms with Crippen LogP contribution in [0.4, 0.5) is 5.69 Å². The molecule has 1 aromatic carbocycles. The van der Waals surface area contributed by atoms with Crippen molar-refractivity contribution in [2.24, 2.45) is 0 Å². The Bertz CT molecular complexity index is 866. The Hall–Kier alpha value is -2.73. The van der Waals surface area contributed by atoms with Crippen molar-refractivity contribution in [1.29, 1.82) is 0 Å². The molecule has 3 rings (SSSR count). The van der Waals surface area contributed by atoms with E-state index < -0.39 is 0 Å². The smallest absolute Gasteiger partial charge is 0.256 e. The van der Waals surface area contributed by atoms with Crippen molar-refractivity contribution in [1.82, 2.24) is 9.97 Å². The van der Waals surface area contributed by atoms with Crippen LogP contribution in [0.25, 0.3) is 11.4 Å². The molecule has 0 saturated heterocycles. The van der Waals surface area contributed by atoms with E-state index in [0.29, 0.717) is 10.4 Å². The Labute approximate surface area is 137 Å². The Morgan fingerprint density at radius 3 is 2.74 bits per heavy atom. The van der Waals surface area contributed by atoms with Crippen LogP contribution in [0.5, 0.6) is 0 Å². The number of amides is 1. The van der Waals surface area contributed by atoms with E-state index in [1.807, 2.05) is 25.1 Å². The monoisotopic (exact) mass is 325 g/mol. The lowest BCUT2D eigenvalue weighted by Gasteiger charge is -2.09. The van der Waals surface area contributed by atoms with Crippen LogP contribution in [0.3, 0.4) is 0 Å². The molecule has 0 radical (unpaired) electrons. The maximum atomic E-state index is 12.4. The fraction of sp³-hybridized carbons (Fsp3) is 0.118. The Kier molecular flexibility index (Phi) is 4.08. The number of hydrogen-bond acceptors (Lipinski definition) is 4. The molecule has 0 aliphatic carbocycles. The van der Waals surface area contributed by atoms with Crippen LogP contribution in [-0.4, -0.2) is 21.7 Å². The van der Waals surface area contributed by atoms with E-state index in [0.717, 1.165) is 22.6 Å². The number of H-pyrrole nitrogens is 1. The van der Waals surface area contributed by atoms with Crippen molar-refractivity contribution in [3.8, 4) is 11.4 Å². The van der Waals surface area contributed by atoms with E-state index in [2.05, 4.69) is 15.3 Å². The lowest BCUT2D eigenvalue weighted by Crippen LogP contribution is -2.12. The first-order valence-corrected chi connectivity index (χ1v) is 7.94. The van der Waals surface area contributed by atoms with Crippen LogP contribution in [-0.2, 0) is 0 Å². The molecule has 0 unspecified atom stereocenters. The molecular formula is C17H15N3O2S. The highest BCUT2D eigenvalue weighted by Gasteiger charge is 2.13. The van der Waals surface area contributed by atoms with E-state index in [1.165, 1.54) is 18.3 Å². The average Bonchev–Trinajstić information content (AvgIpc) is 3.21. The second kappa shape index (κ2) is 6.18. The summed E-state index contributed by atoms with van der Waals surface area (Å²) in [6.07, 6.45) is 3.43. The van der Waals surface area contributed by atoms with Crippen LogP contribution in [0.2, 0.25) is 0 Å². The van der Waals surface area contributed by atoms with Crippen molar-refractivity contribution >= 4 is 28.7 Å². The third-order valence-corrected chi connectivity index (χ3v) is 4.50. The van der Waals surface area contributed by atoms with Gasteiger partial charge < -0.3 is 10.3 Å². The molecule has 0 saturated carbocycles. The number of imidazole rings is 1. The van der Waals surface area contributed by atoms with Gasteiger partial charge in [0.2, 0.25) is 0 Å². The molecular weight excluding hydrogens is 310 g/mol. The fourth-order valence-electron chi connectivity index (χ4n) is 2.16. The van der Waals surface area contributed by atoms with Crippen LogP contribution in [0.1, 0.15) is 32.5 Å². The Morgan fingerprint density at radius 1 is 1.26 bits per heavy atom. The number of nitrogens with one attached hydrogen (secondary N) is 2. The van der Waals surface area contributed by atoms with E-state index in [1.54, 1.807) is 23.8 Å². The van der Waals surface area contributed by atoms with Gasteiger partial charge in [0.05, 0.1) is 10.4 Å². The molecule has 0 atom stereocenters. The van der Waals surface area contributed by atoms with Gasteiger partial charge in [-0.3, -0.25) is 9.59 Å². The molecule has 0 aliphatic heterocycles. The molecule has 1 amide bonds. The first-order chi connectivity index (χ1) is 11.0. The summed E-state index contributed by atoms with van der Waals surface area (Å²) >= 11 is 1.28. The largest absolute Gasteiger partial charge is 0.345 e. The van der Waals surface area contributed by atoms with Gasteiger partial charge in [0.15, 0.2) is 5.78 Å². The number of aromatic nitrogens is 2. The summed E-state index contributed by atoms with van der Waals surface area (Å²) in [7, 11) is 0. The molecule has 0 bridgehead atoms. The molecule has 23 heavy (non-hydrogen) atoms. The summed E-state index contributed by atoms with van der Waals surface area (Å²) in [5.41, 5.74) is 3.06. The molecule has 2 heterocycles. The predicted octanol–water partition coefficient (Wildman–Crippen LogP) is 3.90. The van der Waals surface area contributed by atoms with Crippen molar-refractivity contribution in [2.45, 2.75) is 13.8 Å². The maximum Gasteiger partial charge on any atom is 0.256 e. The van der Waals surface area contributed by atoms with Gasteiger partial charge in [-0.25, -0.2) is 4.98 Å². The van der Waals surface area contributed by atoms with Gasteiger partial charge in [-0.2, -0.15) is 0 Å². The van der Waals surface area contributed by atoms with Crippen molar-refractivity contribution in [3.05, 3.63) is 58.0 Å². The number of nitrogens with zero attached hydrogens (tertiary/aromatic N) is 1. The summed E-state index contributed by atoms with van der Waals surface area (Å²) in [4.78, 5) is 31.5. The quantitative estimate of drug-likeness (QED) is 0.714. The molecule has 5 nitrogen and oxygen atoms in total. The standard InChI is InChI=1S/C17H15N3O2S/c1-10-3-4-12(16-18-5-6-19-16)7-14(10)20-17(22)13-8-15(11(2)21)23-9-13/h3-9H,1-2H3,(H,18,19)(H,20,22). The Balaban J connectivity index is 1.85. The number of aromatic amines is 1. The van der Waals surface area contributed by atoms with Gasteiger partial charge >= 0.3 is 0 Å². The molecule has 2 aromatic heterocycles. The number of anilines is 1. The molecule has 6 heteroatoms. The number of hydrogen-bond donors (Lipinski definition) is 2. The number of rotatable bonds is 4. The number of ketones is 1. The highest BCUT2D eigenvalue weighted by Crippen LogP contribution is 2.24. The summed E-state index contributed by atoms with van der Waals surface area (Å²) < 4.78 is 0. The summed E-state index contributed by atoms with van der Waals surface area (Å²) in [6.45, 7) is 3.42. The number of benzene rings is 1. The number of carbonyl (C=O) groups excluding carboxylic acids is 2. The van der Waals surface area contributed by atoms with E-state index in [-0.39, 0.29) is 11.7 Å². The normalized spacial score (nSPS) is 10.5. The van der Waals surface area contributed by atoms with Gasteiger partial charge in [-0.1, -0.05) is 12.1 Å². The topological polar surface area (TPSA) is 74.8 Å². The van der Waals surface area contributed by atoms with Gasteiger partial charge in [0.1, 0.15) is 5.82 Å². The second-order valence-corrected chi connectivity index (χ2v) is 6.09. The number of aryl methyl sites for hydroxylation is 1. The third-order valence-electron chi connectivity index (χ3n) is 3.47. The molecule has 0 aliphatic rings. The first kappa shape index (κ1) is 15.2. The third kappa shape index (κ3) is 3.22. The minimum atomic E-state index is -0.228. The molecule has 0 spiro atoms. The molecule has 2 N–H and O–H groups in total. The van der Waals surface area contributed by atoms with E-state index in [9.17, 15) is 9.59 Å². The van der Waals surface area contributed by atoms with Crippen LogP contribution >= 0.6 is 11.3 Å². The molecule has 0 fully saturated rings. The zero-order valence-electron chi connectivity index (χ0n) is 12.7. The van der Waals surface area contributed by atoms with Gasteiger partial charge in [0.25, 0.3) is 5.91 Å². The van der Waals surface area contributed by atoms with Crippen LogP contribution in [0, 0.1) is 6.92 Å². The fourth-order valence-corrected chi connectivity index (χ4v) is 2.95. The van der Waals surface area contributed by atoms with E-state index >= 15 is 0 Å². The minimum absolute atomic E-state index is 0.0370. The van der Waals surface area contributed by atoms with Gasteiger partial charge in [0, 0.05) is 29.0 Å². The zero-order chi connectivity index (χ0) is 16.4. The van der Waals surface area contributed by atoms with Crippen molar-refractivity contribution < 1.29 is 9.59 Å².